The third-order valence-electron chi connectivity index (χ3n) is 2.68. The predicted molar refractivity (Wildman–Crippen MR) is 61.0 cm³/mol. The number of carboxylic acids is 1. The van der Waals surface area contributed by atoms with Crippen molar-refractivity contribution in [2.45, 2.75) is 38.7 Å². The largest absolute Gasteiger partial charge is 0.477 e. The highest BCUT2D eigenvalue weighted by Crippen LogP contribution is 2.32. The quantitative estimate of drug-likeness (QED) is 0.883. The molecule has 5 heteroatoms. The second kappa shape index (κ2) is 4.93. The molecule has 16 heavy (non-hydrogen) atoms. The van der Waals surface area contributed by atoms with E-state index < -0.39 is 5.97 Å². The Balaban J connectivity index is 2.29. The van der Waals surface area contributed by atoms with Crippen LogP contribution in [0.2, 0.25) is 0 Å². The molecule has 1 saturated heterocycles. The van der Waals surface area contributed by atoms with E-state index in [1.54, 1.807) is 0 Å². The number of carbonyl (C=O) groups is 1. The molecule has 1 atom stereocenters. The van der Waals surface area contributed by atoms with Crippen LogP contribution < -0.4 is 0 Å². The Hall–Kier alpha value is -0.940. The van der Waals surface area contributed by atoms with E-state index in [2.05, 4.69) is 4.98 Å². The van der Waals surface area contributed by atoms with Crippen molar-refractivity contribution in [3.8, 4) is 0 Å². The summed E-state index contributed by atoms with van der Waals surface area (Å²) < 4.78 is 5.59. The molecule has 0 aromatic carbocycles. The average Bonchev–Trinajstić information content (AvgIpc) is 2.74. The first-order chi connectivity index (χ1) is 7.72. The van der Waals surface area contributed by atoms with Gasteiger partial charge < -0.3 is 9.84 Å². The molecular formula is C11H15NO3S. The Labute approximate surface area is 98.3 Å². The topological polar surface area (TPSA) is 59.4 Å². The van der Waals surface area contributed by atoms with Gasteiger partial charge in [0, 0.05) is 6.61 Å². The van der Waals surface area contributed by atoms with Gasteiger partial charge in [-0.1, -0.05) is 6.92 Å². The average molecular weight is 241 g/mol. The summed E-state index contributed by atoms with van der Waals surface area (Å²) in [5.41, 5.74) is 0.633. The first kappa shape index (κ1) is 11.5. The van der Waals surface area contributed by atoms with Crippen molar-refractivity contribution in [1.82, 2.24) is 4.98 Å². The van der Waals surface area contributed by atoms with Gasteiger partial charge >= 0.3 is 5.97 Å². The van der Waals surface area contributed by atoms with Crippen LogP contribution in [0.5, 0.6) is 0 Å². The summed E-state index contributed by atoms with van der Waals surface area (Å²) >= 11 is 1.27. The second-order valence-corrected chi connectivity index (χ2v) is 4.92. The number of aryl methyl sites for hydroxylation is 1. The van der Waals surface area contributed by atoms with E-state index in [0.29, 0.717) is 17.2 Å². The van der Waals surface area contributed by atoms with E-state index >= 15 is 0 Å². The molecular weight excluding hydrogens is 226 g/mol. The summed E-state index contributed by atoms with van der Waals surface area (Å²) in [7, 11) is 0. The third kappa shape index (κ3) is 2.25. The van der Waals surface area contributed by atoms with E-state index in [1.165, 1.54) is 11.3 Å². The van der Waals surface area contributed by atoms with Crippen molar-refractivity contribution in [3.05, 3.63) is 15.6 Å². The molecule has 1 aliphatic heterocycles. The van der Waals surface area contributed by atoms with Gasteiger partial charge in [0.05, 0.1) is 10.7 Å². The SMILES string of the molecule is CCc1nc(C2CCCCO2)c(C(=O)O)s1. The van der Waals surface area contributed by atoms with Gasteiger partial charge in [-0.05, 0) is 25.7 Å². The van der Waals surface area contributed by atoms with Crippen LogP contribution in [0.25, 0.3) is 0 Å². The number of aromatic nitrogens is 1. The fourth-order valence-electron chi connectivity index (χ4n) is 1.86. The van der Waals surface area contributed by atoms with Gasteiger partial charge in [0.1, 0.15) is 11.0 Å². The lowest BCUT2D eigenvalue weighted by Crippen LogP contribution is -2.14. The molecule has 0 spiro atoms. The molecule has 0 saturated carbocycles. The van der Waals surface area contributed by atoms with Crippen molar-refractivity contribution in [3.63, 3.8) is 0 Å². The third-order valence-corrected chi connectivity index (χ3v) is 3.88. The molecule has 88 valence electrons. The highest BCUT2D eigenvalue weighted by molar-refractivity contribution is 7.13. The summed E-state index contributed by atoms with van der Waals surface area (Å²) in [5.74, 6) is -0.888. The monoisotopic (exact) mass is 241 g/mol. The molecule has 1 N–H and O–H groups in total. The zero-order chi connectivity index (χ0) is 11.5. The number of rotatable bonds is 3. The van der Waals surface area contributed by atoms with E-state index in [1.807, 2.05) is 6.92 Å². The predicted octanol–water partition coefficient (Wildman–Crippen LogP) is 2.65. The Morgan fingerprint density at radius 3 is 3.00 bits per heavy atom. The van der Waals surface area contributed by atoms with Crippen molar-refractivity contribution in [2.75, 3.05) is 6.61 Å². The van der Waals surface area contributed by atoms with Crippen LogP contribution >= 0.6 is 11.3 Å². The Bertz CT molecular complexity index is 383. The Morgan fingerprint density at radius 1 is 1.62 bits per heavy atom. The van der Waals surface area contributed by atoms with Crippen LogP contribution in [0.1, 0.15) is 52.7 Å². The molecule has 0 radical (unpaired) electrons. The summed E-state index contributed by atoms with van der Waals surface area (Å²) in [5, 5.41) is 10.00. The summed E-state index contributed by atoms with van der Waals surface area (Å²) in [6, 6.07) is 0. The van der Waals surface area contributed by atoms with Crippen LogP contribution in [-0.2, 0) is 11.2 Å². The summed E-state index contributed by atoms with van der Waals surface area (Å²) in [6.45, 7) is 2.69. The molecule has 0 bridgehead atoms. The van der Waals surface area contributed by atoms with E-state index in [-0.39, 0.29) is 6.10 Å². The molecule has 1 aromatic heterocycles. The number of nitrogens with zero attached hydrogens (tertiary/aromatic N) is 1. The molecule has 1 aliphatic rings. The van der Waals surface area contributed by atoms with Gasteiger partial charge in [-0.3, -0.25) is 0 Å². The van der Waals surface area contributed by atoms with Crippen molar-refractivity contribution < 1.29 is 14.6 Å². The normalized spacial score (nSPS) is 20.9. The van der Waals surface area contributed by atoms with Gasteiger partial charge in [0.15, 0.2) is 0 Å². The first-order valence-corrected chi connectivity index (χ1v) is 6.38. The summed E-state index contributed by atoms with van der Waals surface area (Å²) in [4.78, 5) is 15.8. The number of thiazole rings is 1. The standard InChI is InChI=1S/C11H15NO3S/c1-2-8-12-9(10(16-8)11(13)14)7-5-3-4-6-15-7/h7H,2-6H2,1H3,(H,13,14). The molecule has 2 rings (SSSR count). The lowest BCUT2D eigenvalue weighted by atomic mass is 10.1. The lowest BCUT2D eigenvalue weighted by molar-refractivity contribution is 0.0116. The highest BCUT2D eigenvalue weighted by atomic mass is 32.1. The molecule has 4 nitrogen and oxygen atoms in total. The number of aromatic carboxylic acids is 1. The minimum atomic E-state index is -0.888. The zero-order valence-electron chi connectivity index (χ0n) is 9.23. The zero-order valence-corrected chi connectivity index (χ0v) is 10.0. The Kier molecular flexibility index (Phi) is 3.56. The maximum Gasteiger partial charge on any atom is 0.347 e. The number of carboxylic acid groups (broad SMARTS) is 1. The molecule has 1 aromatic rings. The fourth-order valence-corrected chi connectivity index (χ4v) is 2.75. The van der Waals surface area contributed by atoms with Crippen LogP contribution in [0.4, 0.5) is 0 Å². The van der Waals surface area contributed by atoms with Gasteiger partial charge in [0.25, 0.3) is 0 Å². The smallest absolute Gasteiger partial charge is 0.347 e. The minimum absolute atomic E-state index is 0.114. The first-order valence-electron chi connectivity index (χ1n) is 5.57. The number of ether oxygens (including phenoxy) is 1. The molecule has 1 unspecified atom stereocenters. The Morgan fingerprint density at radius 2 is 2.44 bits per heavy atom. The van der Waals surface area contributed by atoms with E-state index in [4.69, 9.17) is 9.84 Å². The minimum Gasteiger partial charge on any atom is -0.477 e. The number of hydrogen-bond acceptors (Lipinski definition) is 4. The molecule has 2 heterocycles. The van der Waals surface area contributed by atoms with E-state index in [0.717, 1.165) is 30.7 Å². The highest BCUT2D eigenvalue weighted by Gasteiger charge is 2.26. The lowest BCUT2D eigenvalue weighted by Gasteiger charge is -2.21. The van der Waals surface area contributed by atoms with Crippen molar-refractivity contribution in [2.24, 2.45) is 0 Å². The van der Waals surface area contributed by atoms with Crippen molar-refractivity contribution in [1.29, 1.82) is 0 Å². The maximum atomic E-state index is 11.1. The van der Waals surface area contributed by atoms with Gasteiger partial charge in [-0.2, -0.15) is 0 Å². The fraction of sp³-hybridized carbons (Fsp3) is 0.636. The maximum absolute atomic E-state index is 11.1. The van der Waals surface area contributed by atoms with Crippen LogP contribution in [0.3, 0.4) is 0 Å². The van der Waals surface area contributed by atoms with Crippen LogP contribution in [-0.4, -0.2) is 22.7 Å². The van der Waals surface area contributed by atoms with Crippen LogP contribution in [0, 0.1) is 0 Å². The van der Waals surface area contributed by atoms with Crippen LogP contribution in [0.15, 0.2) is 0 Å². The number of hydrogen-bond donors (Lipinski definition) is 1. The summed E-state index contributed by atoms with van der Waals surface area (Å²) in [6.07, 6.45) is 3.69. The van der Waals surface area contributed by atoms with E-state index in [9.17, 15) is 4.79 Å². The van der Waals surface area contributed by atoms with Crippen molar-refractivity contribution >= 4 is 17.3 Å². The van der Waals surface area contributed by atoms with Gasteiger partial charge in [-0.25, -0.2) is 9.78 Å². The molecule has 0 aliphatic carbocycles. The molecule has 0 amide bonds. The van der Waals surface area contributed by atoms with Gasteiger partial charge in [0.2, 0.25) is 0 Å². The molecule has 1 fully saturated rings. The second-order valence-electron chi connectivity index (χ2n) is 3.84. The van der Waals surface area contributed by atoms with Gasteiger partial charge in [-0.15, -0.1) is 11.3 Å².